The van der Waals surface area contributed by atoms with Gasteiger partial charge in [-0.1, -0.05) is 0 Å². The zero-order chi connectivity index (χ0) is 32.0. The molecule has 244 valence electrons. The second-order valence-electron chi connectivity index (χ2n) is 14.4. The van der Waals surface area contributed by atoms with Crippen LogP contribution < -0.4 is 4.57 Å². The average molecular weight is 609 g/mol. The van der Waals surface area contributed by atoms with Crippen molar-refractivity contribution < 1.29 is 41.7 Å². The molecule has 0 atom stereocenters. The van der Waals surface area contributed by atoms with E-state index in [9.17, 15) is 27.7 Å². The van der Waals surface area contributed by atoms with Crippen molar-refractivity contribution in [1.29, 1.82) is 0 Å². The maximum atomic E-state index is 12.5. The van der Waals surface area contributed by atoms with E-state index in [1.54, 1.807) is 0 Å². The fourth-order valence-corrected chi connectivity index (χ4v) is 6.58. The molecule has 2 radical (unpaired) electrons. The van der Waals surface area contributed by atoms with Crippen LogP contribution in [0.25, 0.3) is 0 Å². The molecule has 2 aliphatic heterocycles. The largest absolute Gasteiger partial charge is 0.673 e. The van der Waals surface area contributed by atoms with Crippen molar-refractivity contribution >= 4 is 7.25 Å². The van der Waals surface area contributed by atoms with Crippen molar-refractivity contribution in [3.63, 3.8) is 0 Å². The number of aromatic nitrogens is 2. The lowest BCUT2D eigenvalue weighted by molar-refractivity contribution is -0.697. The highest BCUT2D eigenvalue weighted by Crippen LogP contribution is 2.39. The Morgan fingerprint density at radius 3 is 1.50 bits per heavy atom. The SMILES string of the molecule is CC1(C)CC(OCCCCn2cc[n+](CCCCOC3CC(C)(C)N([O])C(C)(C)C3)c2)CC(C)(C)N1[O].F[B-](F)(F)F. The maximum Gasteiger partial charge on any atom is 0.673 e. The lowest BCUT2D eigenvalue weighted by Gasteiger charge is -2.49. The van der Waals surface area contributed by atoms with Crippen LogP contribution in [0, 0.1) is 0 Å². The van der Waals surface area contributed by atoms with E-state index in [-0.39, 0.29) is 34.4 Å². The summed E-state index contributed by atoms with van der Waals surface area (Å²) in [6.07, 6.45) is 14.1. The van der Waals surface area contributed by atoms with Gasteiger partial charge in [0.1, 0.15) is 12.4 Å². The molecule has 0 amide bonds. The van der Waals surface area contributed by atoms with Gasteiger partial charge >= 0.3 is 7.25 Å². The van der Waals surface area contributed by atoms with Crippen LogP contribution in [0.3, 0.4) is 0 Å². The summed E-state index contributed by atoms with van der Waals surface area (Å²) >= 11 is 0. The van der Waals surface area contributed by atoms with Gasteiger partial charge < -0.3 is 26.7 Å². The molecule has 42 heavy (non-hydrogen) atoms. The first-order valence-electron chi connectivity index (χ1n) is 15.2. The topological polar surface area (TPSA) is 73.5 Å². The number of imidazole rings is 1. The number of hydroxylamine groups is 4. The number of ether oxygens (including phenoxy) is 2. The van der Waals surface area contributed by atoms with Crippen molar-refractivity contribution in [3.8, 4) is 0 Å². The zero-order valence-corrected chi connectivity index (χ0v) is 26.9. The molecule has 1 aromatic heterocycles. The maximum absolute atomic E-state index is 12.5. The molecule has 3 rings (SSSR count). The monoisotopic (exact) mass is 608 g/mol. The Bertz CT molecular complexity index is 850. The van der Waals surface area contributed by atoms with Gasteiger partial charge in [-0.05, 0) is 107 Å². The van der Waals surface area contributed by atoms with Crippen molar-refractivity contribution in [2.75, 3.05) is 13.2 Å². The minimum absolute atomic E-state index is 0.158. The van der Waals surface area contributed by atoms with Gasteiger partial charge in [0.05, 0.1) is 25.3 Å². The molecular weight excluding hydrogens is 555 g/mol. The molecule has 8 nitrogen and oxygen atoms in total. The second-order valence-corrected chi connectivity index (χ2v) is 14.4. The molecule has 0 unspecified atom stereocenters. The Labute approximate surface area is 250 Å². The number of piperidine rings is 2. The first-order valence-corrected chi connectivity index (χ1v) is 15.2. The van der Waals surface area contributed by atoms with Crippen LogP contribution in [0.5, 0.6) is 0 Å². The van der Waals surface area contributed by atoms with Crippen molar-refractivity contribution in [2.24, 2.45) is 0 Å². The third-order valence-corrected chi connectivity index (χ3v) is 8.18. The number of hydrogen-bond donors (Lipinski definition) is 0. The van der Waals surface area contributed by atoms with Gasteiger partial charge in [0.25, 0.3) is 0 Å². The zero-order valence-electron chi connectivity index (χ0n) is 26.9. The molecule has 13 heteroatoms. The van der Waals surface area contributed by atoms with Gasteiger partial charge in [0, 0.05) is 35.4 Å². The third-order valence-electron chi connectivity index (χ3n) is 8.18. The number of nitrogens with zero attached hydrogens (tertiary/aromatic N) is 4. The van der Waals surface area contributed by atoms with Crippen LogP contribution in [-0.2, 0) is 33.0 Å². The van der Waals surface area contributed by atoms with Crippen LogP contribution in [0.1, 0.15) is 107 Å². The Kier molecular flexibility index (Phi) is 12.9. The van der Waals surface area contributed by atoms with Crippen molar-refractivity contribution in [3.05, 3.63) is 18.7 Å². The van der Waals surface area contributed by atoms with Gasteiger partial charge in [-0.15, -0.1) is 20.5 Å². The van der Waals surface area contributed by atoms with Gasteiger partial charge in [-0.2, -0.15) is 0 Å². The molecule has 3 heterocycles. The highest BCUT2D eigenvalue weighted by atomic mass is 19.5. The molecule has 0 saturated carbocycles. The van der Waals surface area contributed by atoms with Crippen molar-refractivity contribution in [2.45, 2.75) is 154 Å². The van der Waals surface area contributed by atoms with E-state index in [0.29, 0.717) is 0 Å². The molecule has 0 bridgehead atoms. The van der Waals surface area contributed by atoms with E-state index in [1.165, 1.54) is 10.1 Å². The highest BCUT2D eigenvalue weighted by molar-refractivity contribution is 6.50. The summed E-state index contributed by atoms with van der Waals surface area (Å²) in [7, 11) is -6.00. The molecule has 2 fully saturated rings. The van der Waals surface area contributed by atoms with Crippen LogP contribution in [0.2, 0.25) is 0 Å². The fraction of sp³-hybridized carbons (Fsp3) is 0.897. The van der Waals surface area contributed by atoms with Gasteiger partial charge in [-0.3, -0.25) is 0 Å². The van der Waals surface area contributed by atoms with E-state index in [4.69, 9.17) is 9.47 Å². The van der Waals surface area contributed by atoms with Gasteiger partial charge in [0.15, 0.2) is 0 Å². The summed E-state index contributed by atoms with van der Waals surface area (Å²) in [6, 6.07) is 0. The lowest BCUT2D eigenvalue weighted by atomic mass is 9.80. The van der Waals surface area contributed by atoms with Gasteiger partial charge in [0.2, 0.25) is 6.33 Å². The number of halogens is 4. The third kappa shape index (κ3) is 12.0. The summed E-state index contributed by atoms with van der Waals surface area (Å²) in [5.74, 6) is 0. The standard InChI is InChI=1S/C29H53N4O4.BF4/c1-26(2)19-24(20-27(3,4)32(26)34)36-17-11-9-13-30-15-16-31(23-30)14-10-12-18-37-25-21-28(5,6)33(35)29(7,8)22-25;2-1(3,4)5/h15-16,23-25H,9-14,17-22H2,1-8H3;/q+1;-1. The van der Waals surface area contributed by atoms with E-state index in [0.717, 1.165) is 77.7 Å². The van der Waals surface area contributed by atoms with E-state index in [1.807, 2.05) is 55.4 Å². The van der Waals surface area contributed by atoms with Crippen LogP contribution in [-0.4, -0.2) is 69.5 Å². The van der Waals surface area contributed by atoms with Crippen LogP contribution in [0.15, 0.2) is 18.7 Å². The molecule has 0 aromatic carbocycles. The molecule has 1 aromatic rings. The Morgan fingerprint density at radius 2 is 1.10 bits per heavy atom. The number of unbranched alkanes of at least 4 members (excludes halogenated alkanes) is 2. The second kappa shape index (κ2) is 14.7. The quantitative estimate of drug-likeness (QED) is 0.119. The number of hydrogen-bond acceptors (Lipinski definition) is 4. The number of rotatable bonds is 12. The summed E-state index contributed by atoms with van der Waals surface area (Å²) in [4.78, 5) is 0. The average Bonchev–Trinajstić information content (AvgIpc) is 3.26. The van der Waals surface area contributed by atoms with Crippen LogP contribution >= 0.6 is 0 Å². The molecule has 0 spiro atoms. The Morgan fingerprint density at radius 1 is 0.714 bits per heavy atom. The minimum Gasteiger partial charge on any atom is -0.418 e. The minimum atomic E-state index is -6.00. The van der Waals surface area contributed by atoms with Crippen LogP contribution in [0.4, 0.5) is 17.3 Å². The summed E-state index contributed by atoms with van der Waals surface area (Å²) in [5, 5.41) is 27.5. The Balaban J connectivity index is 0.00000113. The normalized spacial score (nSPS) is 23.0. The predicted molar refractivity (Wildman–Crippen MR) is 153 cm³/mol. The summed E-state index contributed by atoms with van der Waals surface area (Å²) < 4.78 is 55.9. The smallest absolute Gasteiger partial charge is 0.418 e. The first-order chi connectivity index (χ1) is 19.1. The molecule has 2 saturated heterocycles. The van der Waals surface area contributed by atoms with Gasteiger partial charge in [-0.25, -0.2) is 9.13 Å². The fourth-order valence-electron chi connectivity index (χ4n) is 6.58. The highest BCUT2D eigenvalue weighted by Gasteiger charge is 2.47. The van der Waals surface area contributed by atoms with E-state index < -0.39 is 7.25 Å². The van der Waals surface area contributed by atoms with E-state index in [2.05, 4.69) is 27.9 Å². The number of aryl methyl sites for hydroxylation is 2. The molecule has 2 aliphatic rings. The molecule has 0 aliphatic carbocycles. The lowest BCUT2D eigenvalue weighted by Crippen LogP contribution is -2.59. The first kappa shape index (κ1) is 36.9. The van der Waals surface area contributed by atoms with Crippen molar-refractivity contribution in [1.82, 2.24) is 14.7 Å². The van der Waals surface area contributed by atoms with E-state index >= 15 is 0 Å². The summed E-state index contributed by atoms with van der Waals surface area (Å²) in [6.45, 7) is 19.6. The predicted octanol–water partition coefficient (Wildman–Crippen LogP) is 6.40. The Hall–Kier alpha value is -1.25. The molecular formula is C29H53BF4N4O4. The molecule has 0 N–H and O–H groups in total. The summed E-state index contributed by atoms with van der Waals surface area (Å²) in [5.41, 5.74) is -1.50.